The third kappa shape index (κ3) is 2.22. The second kappa shape index (κ2) is 6.00. The molecular weight excluding hydrogens is 389 g/mol. The molecule has 0 aromatic carbocycles. The van der Waals surface area contributed by atoms with E-state index in [4.69, 9.17) is 0 Å². The van der Waals surface area contributed by atoms with Crippen molar-refractivity contribution in [2.45, 2.75) is 63.6 Å². The number of aliphatic hydroxyl groups is 2. The van der Waals surface area contributed by atoms with Crippen LogP contribution in [-0.4, -0.2) is 51.9 Å². The number of hydrogen-bond donors (Lipinski definition) is 2. The lowest BCUT2D eigenvalue weighted by molar-refractivity contribution is -0.209. The average molecular weight is 414 g/mol. The molecule has 3 saturated carbocycles. The molecule has 0 bridgehead atoms. The quantitative estimate of drug-likeness (QED) is 0.723. The highest BCUT2D eigenvalue weighted by Crippen LogP contribution is 2.68. The molecule has 0 radical (unpaired) electrons. The number of fused-ring (bicyclic) bond motifs is 5. The van der Waals surface area contributed by atoms with Crippen molar-refractivity contribution in [3.63, 3.8) is 0 Å². The maximum Gasteiger partial charge on any atom is 0.295 e. The average Bonchev–Trinajstić information content (AvgIpc) is 2.92. The first-order valence-corrected chi connectivity index (χ1v) is 10.0. The second-order valence-corrected chi connectivity index (χ2v) is 9.59. The smallest absolute Gasteiger partial charge is 0.295 e. The van der Waals surface area contributed by atoms with Gasteiger partial charge < -0.3 is 10.2 Å². The van der Waals surface area contributed by atoms with Crippen molar-refractivity contribution in [1.82, 2.24) is 0 Å². The lowest BCUT2D eigenvalue weighted by Gasteiger charge is -2.59. The van der Waals surface area contributed by atoms with Gasteiger partial charge in [-0.2, -0.15) is 0 Å². The predicted molar refractivity (Wildman–Crippen MR) is 94.8 cm³/mol. The van der Waals surface area contributed by atoms with Crippen molar-refractivity contribution >= 4 is 17.3 Å². The summed E-state index contributed by atoms with van der Waals surface area (Å²) in [5.41, 5.74) is -5.06. The fraction of sp³-hybridized carbons (Fsp3) is 0.762. The normalized spacial score (nSPS) is 48.4. The van der Waals surface area contributed by atoms with Crippen LogP contribution >= 0.6 is 0 Å². The number of carbonyl (C=O) groups excluding carboxylic acids is 3. The summed E-state index contributed by atoms with van der Waals surface area (Å²) in [6.07, 6.45) is -1.46. The van der Waals surface area contributed by atoms with Gasteiger partial charge in [0.25, 0.3) is 5.92 Å². The second-order valence-electron chi connectivity index (χ2n) is 9.59. The Morgan fingerprint density at radius 3 is 2.52 bits per heavy atom. The van der Waals surface area contributed by atoms with Gasteiger partial charge in [0.15, 0.2) is 11.6 Å². The van der Waals surface area contributed by atoms with Gasteiger partial charge in [0, 0.05) is 17.8 Å². The van der Waals surface area contributed by atoms with Crippen molar-refractivity contribution in [2.75, 3.05) is 6.61 Å². The molecule has 2 N–H and O–H groups in total. The molecule has 160 valence electrons. The van der Waals surface area contributed by atoms with E-state index in [1.165, 1.54) is 6.92 Å². The third-order valence-corrected chi connectivity index (χ3v) is 8.63. The molecule has 7 atom stereocenters. The molecule has 4 rings (SSSR count). The molecule has 0 amide bonds. The Kier molecular flexibility index (Phi) is 4.29. The van der Waals surface area contributed by atoms with Crippen LogP contribution in [0.25, 0.3) is 0 Å². The molecule has 1 unspecified atom stereocenters. The SMILES string of the molecule is C[C@@]12C(=CC(=O)C(F)C1(F)F)CC[C@@H]1[C@@H]2C(=O)C[C@@]2(C)[C@H]1CC[C@]2(O)C(=O)CO. The molecular formula is C21H25F3O5. The number of rotatable bonds is 2. The van der Waals surface area contributed by atoms with Gasteiger partial charge in [0.05, 0.1) is 5.41 Å². The molecule has 4 aliphatic rings. The number of halogens is 3. The summed E-state index contributed by atoms with van der Waals surface area (Å²) in [4.78, 5) is 37.3. The summed E-state index contributed by atoms with van der Waals surface area (Å²) in [5, 5.41) is 20.4. The van der Waals surface area contributed by atoms with Crippen LogP contribution in [0.1, 0.15) is 46.0 Å². The summed E-state index contributed by atoms with van der Waals surface area (Å²) >= 11 is 0. The van der Waals surface area contributed by atoms with E-state index >= 15 is 8.78 Å². The molecule has 0 aromatic rings. The van der Waals surface area contributed by atoms with Gasteiger partial charge in [-0.25, -0.2) is 13.2 Å². The van der Waals surface area contributed by atoms with Crippen LogP contribution in [0, 0.1) is 28.6 Å². The maximum atomic E-state index is 15.2. The number of carbonyl (C=O) groups is 3. The van der Waals surface area contributed by atoms with Gasteiger partial charge in [0.2, 0.25) is 6.17 Å². The monoisotopic (exact) mass is 414 g/mol. The summed E-state index contributed by atoms with van der Waals surface area (Å²) < 4.78 is 44.6. The fourth-order valence-electron chi connectivity index (χ4n) is 7.00. The van der Waals surface area contributed by atoms with Crippen molar-refractivity contribution in [3.8, 4) is 0 Å². The molecule has 0 heterocycles. The lowest BCUT2D eigenvalue weighted by atomic mass is 9.45. The van der Waals surface area contributed by atoms with Gasteiger partial charge in [0.1, 0.15) is 18.0 Å². The van der Waals surface area contributed by atoms with Crippen LogP contribution in [0.5, 0.6) is 0 Å². The number of Topliss-reactive ketones (excluding diaryl/α,β-unsaturated/α-hetero) is 2. The minimum atomic E-state index is -4.02. The molecule has 4 aliphatic carbocycles. The standard InChI is InChI=1S/C21H25F3O5/c1-18-8-14(27)16-11(12(18)5-6-20(18,29)15(28)9-25)4-3-10-7-13(26)17(22)21(23,24)19(10,16)2/h7,11-12,16-17,25,29H,3-6,8-9H2,1-2H3/t11-,12-,16+,17?,18-,19-,20-/m0/s1. The highest BCUT2D eigenvalue weighted by Gasteiger charge is 2.74. The van der Waals surface area contributed by atoms with Gasteiger partial charge in [-0.05, 0) is 50.5 Å². The van der Waals surface area contributed by atoms with E-state index in [0.717, 1.165) is 6.08 Å². The zero-order chi connectivity index (χ0) is 21.6. The number of allylic oxidation sites excluding steroid dienone is 1. The molecule has 29 heavy (non-hydrogen) atoms. The first-order chi connectivity index (χ1) is 13.4. The Balaban J connectivity index is 1.82. The van der Waals surface area contributed by atoms with Crippen LogP contribution in [0.3, 0.4) is 0 Å². The van der Waals surface area contributed by atoms with Gasteiger partial charge in [-0.15, -0.1) is 0 Å². The summed E-state index contributed by atoms with van der Waals surface area (Å²) in [6, 6.07) is 0. The van der Waals surface area contributed by atoms with E-state index in [1.54, 1.807) is 6.92 Å². The molecule has 0 spiro atoms. The van der Waals surface area contributed by atoms with Crippen molar-refractivity contribution in [2.24, 2.45) is 28.6 Å². The number of hydrogen-bond acceptors (Lipinski definition) is 5. The Labute approximate surface area is 166 Å². The largest absolute Gasteiger partial charge is 0.388 e. The predicted octanol–water partition coefficient (Wildman–Crippen LogP) is 2.18. The van der Waals surface area contributed by atoms with Crippen LogP contribution < -0.4 is 0 Å². The Morgan fingerprint density at radius 1 is 1.24 bits per heavy atom. The minimum Gasteiger partial charge on any atom is -0.388 e. The molecule has 3 fully saturated rings. The topological polar surface area (TPSA) is 91.7 Å². The van der Waals surface area contributed by atoms with Gasteiger partial charge in [-0.1, -0.05) is 12.5 Å². The van der Waals surface area contributed by atoms with Gasteiger partial charge >= 0.3 is 0 Å². The zero-order valence-electron chi connectivity index (χ0n) is 16.4. The maximum absolute atomic E-state index is 15.2. The number of alkyl halides is 3. The van der Waals surface area contributed by atoms with E-state index in [0.29, 0.717) is 12.8 Å². The molecule has 5 nitrogen and oxygen atoms in total. The highest BCUT2D eigenvalue weighted by atomic mass is 19.3. The first-order valence-electron chi connectivity index (χ1n) is 10.0. The Morgan fingerprint density at radius 2 is 1.90 bits per heavy atom. The van der Waals surface area contributed by atoms with E-state index in [-0.39, 0.29) is 24.8 Å². The van der Waals surface area contributed by atoms with Gasteiger partial charge in [-0.3, -0.25) is 14.4 Å². The molecule has 0 aliphatic heterocycles. The van der Waals surface area contributed by atoms with E-state index in [1.807, 2.05) is 0 Å². The number of ketones is 3. The fourth-order valence-corrected chi connectivity index (χ4v) is 7.00. The van der Waals surface area contributed by atoms with E-state index in [9.17, 15) is 29.0 Å². The molecule has 0 aromatic heterocycles. The third-order valence-electron chi connectivity index (χ3n) is 8.63. The van der Waals surface area contributed by atoms with Crippen LogP contribution in [0.2, 0.25) is 0 Å². The number of aliphatic hydroxyl groups excluding tert-OH is 1. The molecule has 0 saturated heterocycles. The Bertz CT molecular complexity index is 838. The first kappa shape index (κ1) is 20.7. The summed E-state index contributed by atoms with van der Waals surface area (Å²) in [5.74, 6) is -8.74. The van der Waals surface area contributed by atoms with Crippen LogP contribution in [0.15, 0.2) is 11.6 Å². The summed E-state index contributed by atoms with van der Waals surface area (Å²) in [6.45, 7) is 1.92. The minimum absolute atomic E-state index is 0.0457. The molecule has 8 heteroatoms. The lowest BCUT2D eigenvalue weighted by Crippen LogP contribution is -2.66. The van der Waals surface area contributed by atoms with Crippen LogP contribution in [0.4, 0.5) is 13.2 Å². The highest BCUT2D eigenvalue weighted by molar-refractivity contribution is 5.98. The van der Waals surface area contributed by atoms with Crippen molar-refractivity contribution in [1.29, 1.82) is 0 Å². The van der Waals surface area contributed by atoms with E-state index in [2.05, 4.69) is 0 Å². The van der Waals surface area contributed by atoms with E-state index < -0.39 is 70.2 Å². The zero-order valence-corrected chi connectivity index (χ0v) is 16.4. The Hall–Kier alpha value is -1.54. The van der Waals surface area contributed by atoms with Crippen molar-refractivity contribution in [3.05, 3.63) is 11.6 Å². The summed E-state index contributed by atoms with van der Waals surface area (Å²) in [7, 11) is 0. The van der Waals surface area contributed by atoms with Crippen LogP contribution in [-0.2, 0) is 14.4 Å². The van der Waals surface area contributed by atoms with Crippen molar-refractivity contribution < 1.29 is 37.8 Å².